The minimum Gasteiger partial charge on any atom is -0.450 e. The average molecular weight is 574 g/mol. The summed E-state index contributed by atoms with van der Waals surface area (Å²) in [6.45, 7) is 13.0. The van der Waals surface area contributed by atoms with E-state index in [9.17, 15) is 4.79 Å². The van der Waals surface area contributed by atoms with Crippen molar-refractivity contribution in [3.05, 3.63) is 35.4 Å². The van der Waals surface area contributed by atoms with Crippen LogP contribution in [0.15, 0.2) is 29.3 Å². The van der Waals surface area contributed by atoms with E-state index in [4.69, 9.17) is 14.5 Å². The number of benzene rings is 1. The number of nitrogens with one attached hydrogen (secondary N) is 2. The molecule has 1 amide bonds. The Morgan fingerprint density at radius 3 is 2.67 bits per heavy atom. The number of hydrogen-bond donors (Lipinski definition) is 2. The molecular weight excluding hydrogens is 533 g/mol. The fourth-order valence-electron chi connectivity index (χ4n) is 4.22. The van der Waals surface area contributed by atoms with Crippen LogP contribution in [-0.4, -0.2) is 79.9 Å². The van der Waals surface area contributed by atoms with Crippen molar-refractivity contribution in [2.45, 2.75) is 58.8 Å². The number of carbonyl (C=O) groups excluding carboxylic acids is 1. The number of morpholine rings is 1. The second-order valence-corrected chi connectivity index (χ2v) is 8.54. The van der Waals surface area contributed by atoms with Gasteiger partial charge in [-0.25, -0.2) is 9.79 Å². The van der Waals surface area contributed by atoms with Gasteiger partial charge < -0.3 is 25.0 Å². The van der Waals surface area contributed by atoms with E-state index in [1.54, 1.807) is 4.90 Å². The maximum absolute atomic E-state index is 11.9. The van der Waals surface area contributed by atoms with Crippen molar-refractivity contribution in [1.29, 1.82) is 0 Å². The Bertz CT molecular complexity index is 755. The molecule has 2 aliphatic heterocycles. The summed E-state index contributed by atoms with van der Waals surface area (Å²) in [6.07, 6.45) is 1.86. The lowest BCUT2D eigenvalue weighted by Gasteiger charge is -2.32. The zero-order valence-corrected chi connectivity index (χ0v) is 22.5. The summed E-state index contributed by atoms with van der Waals surface area (Å²) in [5, 5.41) is 6.89. The molecular formula is C24H40IN5O3. The standard InChI is InChI=1S/C24H39N5O3.HI/c1-4-25-23(27-22-9-11-29(12-10-22)24(30)31-5-2)26-16-20-7-6-8-21(15-20)18-28-13-14-32-19(3)17-28;/h6-8,15,19,22H,4-5,9-14,16-18H2,1-3H3,(H2,25,26,27);1H. The molecule has 1 unspecified atom stereocenters. The monoisotopic (exact) mass is 573 g/mol. The molecule has 1 aromatic carbocycles. The normalized spacial score (nSPS) is 20.2. The van der Waals surface area contributed by atoms with Crippen molar-refractivity contribution in [2.75, 3.05) is 45.9 Å². The Morgan fingerprint density at radius 1 is 1.21 bits per heavy atom. The van der Waals surface area contributed by atoms with Crippen LogP contribution in [0.4, 0.5) is 4.79 Å². The molecule has 0 bridgehead atoms. The third kappa shape index (κ3) is 9.29. The van der Waals surface area contributed by atoms with Gasteiger partial charge in [0.1, 0.15) is 0 Å². The fraction of sp³-hybridized carbons (Fsp3) is 0.667. The van der Waals surface area contributed by atoms with Crippen molar-refractivity contribution in [3.8, 4) is 0 Å². The number of ether oxygens (including phenoxy) is 2. The van der Waals surface area contributed by atoms with E-state index in [0.717, 1.165) is 51.6 Å². The Balaban J connectivity index is 0.00000385. The number of nitrogens with zero attached hydrogens (tertiary/aromatic N) is 3. The van der Waals surface area contributed by atoms with Crippen LogP contribution in [0.1, 0.15) is 44.7 Å². The summed E-state index contributed by atoms with van der Waals surface area (Å²) in [7, 11) is 0. The zero-order valence-electron chi connectivity index (χ0n) is 20.2. The predicted molar refractivity (Wildman–Crippen MR) is 142 cm³/mol. The lowest BCUT2D eigenvalue weighted by atomic mass is 10.1. The highest BCUT2D eigenvalue weighted by Gasteiger charge is 2.24. The van der Waals surface area contributed by atoms with Crippen LogP contribution in [0, 0.1) is 0 Å². The number of halogens is 1. The fourth-order valence-corrected chi connectivity index (χ4v) is 4.22. The topological polar surface area (TPSA) is 78.4 Å². The molecule has 2 saturated heterocycles. The number of piperidine rings is 1. The largest absolute Gasteiger partial charge is 0.450 e. The van der Waals surface area contributed by atoms with Gasteiger partial charge in [-0.2, -0.15) is 0 Å². The molecule has 2 aliphatic rings. The van der Waals surface area contributed by atoms with Gasteiger partial charge in [0.25, 0.3) is 0 Å². The van der Waals surface area contributed by atoms with E-state index in [1.165, 1.54) is 11.1 Å². The van der Waals surface area contributed by atoms with E-state index in [2.05, 4.69) is 53.6 Å². The molecule has 8 nitrogen and oxygen atoms in total. The molecule has 0 spiro atoms. The maximum Gasteiger partial charge on any atom is 0.409 e. The van der Waals surface area contributed by atoms with E-state index in [-0.39, 0.29) is 30.1 Å². The van der Waals surface area contributed by atoms with Crippen LogP contribution in [0.2, 0.25) is 0 Å². The minimum absolute atomic E-state index is 0. The molecule has 1 aromatic rings. The zero-order chi connectivity index (χ0) is 22.8. The summed E-state index contributed by atoms with van der Waals surface area (Å²) in [6, 6.07) is 9.00. The van der Waals surface area contributed by atoms with Crippen LogP contribution in [-0.2, 0) is 22.6 Å². The third-order valence-electron chi connectivity index (χ3n) is 5.85. The van der Waals surface area contributed by atoms with Gasteiger partial charge in [-0.15, -0.1) is 24.0 Å². The molecule has 9 heteroatoms. The highest BCUT2D eigenvalue weighted by Crippen LogP contribution is 2.14. The van der Waals surface area contributed by atoms with Crippen LogP contribution in [0.25, 0.3) is 0 Å². The lowest BCUT2D eigenvalue weighted by molar-refractivity contribution is -0.0212. The second kappa shape index (κ2) is 14.6. The first-order valence-electron chi connectivity index (χ1n) is 12.0. The SMILES string of the molecule is CCNC(=NCc1cccc(CN2CCOC(C)C2)c1)NC1CCN(C(=O)OCC)CC1.I. The van der Waals surface area contributed by atoms with Crippen LogP contribution in [0.5, 0.6) is 0 Å². The van der Waals surface area contributed by atoms with Gasteiger partial charge >= 0.3 is 6.09 Å². The number of aliphatic imine (C=N–C) groups is 1. The number of hydrogen-bond acceptors (Lipinski definition) is 5. The number of guanidine groups is 1. The van der Waals surface area contributed by atoms with Gasteiger partial charge in [0.15, 0.2) is 5.96 Å². The highest BCUT2D eigenvalue weighted by molar-refractivity contribution is 14.0. The molecule has 0 radical (unpaired) electrons. The Labute approximate surface area is 215 Å². The van der Waals surface area contributed by atoms with Crippen molar-refractivity contribution in [1.82, 2.24) is 20.4 Å². The Hall–Kier alpha value is -1.59. The smallest absolute Gasteiger partial charge is 0.409 e. The van der Waals surface area contributed by atoms with Gasteiger partial charge in [-0.3, -0.25) is 4.90 Å². The van der Waals surface area contributed by atoms with E-state index in [0.29, 0.717) is 38.4 Å². The van der Waals surface area contributed by atoms with Crippen molar-refractivity contribution >= 4 is 36.0 Å². The molecule has 33 heavy (non-hydrogen) atoms. The number of likely N-dealkylation sites (tertiary alicyclic amines) is 1. The molecule has 2 heterocycles. The molecule has 2 fully saturated rings. The summed E-state index contributed by atoms with van der Waals surface area (Å²) in [5.41, 5.74) is 2.52. The lowest BCUT2D eigenvalue weighted by Crippen LogP contribution is -2.49. The van der Waals surface area contributed by atoms with Gasteiger partial charge in [-0.05, 0) is 44.7 Å². The Kier molecular flexibility index (Phi) is 12.3. The molecule has 2 N–H and O–H groups in total. The molecule has 0 saturated carbocycles. The molecule has 0 aromatic heterocycles. The summed E-state index contributed by atoms with van der Waals surface area (Å²) < 4.78 is 10.8. The van der Waals surface area contributed by atoms with Crippen LogP contribution in [0.3, 0.4) is 0 Å². The Morgan fingerprint density at radius 2 is 1.97 bits per heavy atom. The molecule has 0 aliphatic carbocycles. The average Bonchev–Trinajstić information content (AvgIpc) is 2.78. The van der Waals surface area contributed by atoms with Crippen molar-refractivity contribution < 1.29 is 14.3 Å². The third-order valence-corrected chi connectivity index (χ3v) is 5.85. The maximum atomic E-state index is 11.9. The quantitative estimate of drug-likeness (QED) is 0.297. The highest BCUT2D eigenvalue weighted by atomic mass is 127. The number of rotatable bonds is 7. The van der Waals surface area contributed by atoms with E-state index < -0.39 is 0 Å². The first kappa shape index (κ1) is 27.7. The van der Waals surface area contributed by atoms with Crippen molar-refractivity contribution in [3.63, 3.8) is 0 Å². The van der Waals surface area contributed by atoms with Crippen molar-refractivity contribution in [2.24, 2.45) is 4.99 Å². The summed E-state index contributed by atoms with van der Waals surface area (Å²) >= 11 is 0. The van der Waals surface area contributed by atoms with E-state index >= 15 is 0 Å². The van der Waals surface area contributed by atoms with Gasteiger partial charge in [0.2, 0.25) is 0 Å². The minimum atomic E-state index is -0.210. The predicted octanol–water partition coefficient (Wildman–Crippen LogP) is 3.20. The van der Waals surface area contributed by atoms with Crippen LogP contribution < -0.4 is 10.6 Å². The van der Waals surface area contributed by atoms with Crippen LogP contribution >= 0.6 is 24.0 Å². The molecule has 186 valence electrons. The van der Waals surface area contributed by atoms with Gasteiger partial charge in [0, 0.05) is 45.3 Å². The first-order chi connectivity index (χ1) is 15.6. The molecule has 1 atom stereocenters. The van der Waals surface area contributed by atoms with E-state index in [1.807, 2.05) is 6.92 Å². The van der Waals surface area contributed by atoms with Gasteiger partial charge in [0.05, 0.1) is 25.9 Å². The second-order valence-electron chi connectivity index (χ2n) is 8.54. The summed E-state index contributed by atoms with van der Waals surface area (Å²) in [5.74, 6) is 0.828. The first-order valence-corrected chi connectivity index (χ1v) is 12.0. The van der Waals surface area contributed by atoms with Gasteiger partial charge in [-0.1, -0.05) is 24.3 Å². The molecule has 3 rings (SSSR count). The number of carbonyl (C=O) groups is 1. The summed E-state index contributed by atoms with van der Waals surface area (Å²) in [4.78, 5) is 20.9. The number of amides is 1.